The Morgan fingerprint density at radius 1 is 1.10 bits per heavy atom. The van der Waals surface area contributed by atoms with Crippen molar-refractivity contribution in [3.63, 3.8) is 0 Å². The quantitative estimate of drug-likeness (QED) is 0.375. The number of rotatable bonds is 10. The maximum absolute atomic E-state index is 14.2. The molecule has 2 heterocycles. The molecule has 0 saturated carbocycles. The smallest absolute Gasteiger partial charge is 0.273 e. The highest BCUT2D eigenvalue weighted by Crippen LogP contribution is 2.33. The average molecular weight is 551 g/mol. The number of halogens is 1. The van der Waals surface area contributed by atoms with Crippen LogP contribution >= 0.6 is 0 Å². The molecule has 1 aromatic heterocycles. The van der Waals surface area contributed by atoms with E-state index in [-0.39, 0.29) is 35.5 Å². The number of nitrogens with one attached hydrogen (secondary N) is 1. The number of methoxy groups -OCH3 is 1. The second-order valence-corrected chi connectivity index (χ2v) is 10.7. The van der Waals surface area contributed by atoms with Gasteiger partial charge in [0.2, 0.25) is 0 Å². The van der Waals surface area contributed by atoms with E-state index in [1.807, 2.05) is 43.0 Å². The fourth-order valence-corrected chi connectivity index (χ4v) is 5.37. The van der Waals surface area contributed by atoms with E-state index in [1.165, 1.54) is 12.1 Å². The van der Waals surface area contributed by atoms with Gasteiger partial charge in [-0.25, -0.2) is 9.37 Å². The third-order valence-corrected chi connectivity index (χ3v) is 7.27. The summed E-state index contributed by atoms with van der Waals surface area (Å²) in [5.74, 6) is -0.228. The van der Waals surface area contributed by atoms with Crippen LogP contribution in [0.25, 0.3) is 10.9 Å². The number of aromatic nitrogens is 1. The second kappa shape index (κ2) is 13.2. The zero-order chi connectivity index (χ0) is 28.8. The number of amides is 2. The number of pyridine rings is 1. The Kier molecular flexibility index (Phi) is 9.71. The molecule has 8 nitrogen and oxygen atoms in total. The molecule has 9 heteroatoms. The Morgan fingerprint density at radius 2 is 1.90 bits per heavy atom. The van der Waals surface area contributed by atoms with Crippen molar-refractivity contribution < 1.29 is 23.5 Å². The topological polar surface area (TPSA) is 84.0 Å². The first-order valence-electron chi connectivity index (χ1n) is 13.8. The standard InChI is InChI=1S/C31H39FN4O4/c1-20(2)36(28-19-33-13-12-24(28)21-8-6-9-22(16-21)30(37)35(3)4)31(38)27-18-29(40-15-7-14-39-5)25-17-23(32)10-11-26(25)34-27/h6,8-11,16-18,20,24,28,33H,7,12-15,19H2,1-5H3/t24-,28+/m1/s1. The molecule has 3 aromatic rings. The predicted molar refractivity (Wildman–Crippen MR) is 153 cm³/mol. The number of carbonyl (C=O) groups is 2. The van der Waals surface area contributed by atoms with Crippen molar-refractivity contribution in [2.24, 2.45) is 0 Å². The Balaban J connectivity index is 1.70. The number of fused-ring (bicyclic) bond motifs is 1. The molecule has 214 valence electrons. The fourth-order valence-electron chi connectivity index (χ4n) is 5.37. The highest BCUT2D eigenvalue weighted by molar-refractivity contribution is 5.97. The van der Waals surface area contributed by atoms with E-state index in [1.54, 1.807) is 38.2 Å². The van der Waals surface area contributed by atoms with Gasteiger partial charge in [-0.1, -0.05) is 12.1 Å². The van der Waals surface area contributed by atoms with Crippen LogP contribution in [0, 0.1) is 5.82 Å². The van der Waals surface area contributed by atoms with Gasteiger partial charge in [-0.3, -0.25) is 9.59 Å². The summed E-state index contributed by atoms with van der Waals surface area (Å²) >= 11 is 0. The molecule has 0 unspecified atom stereocenters. The number of nitrogens with zero attached hydrogens (tertiary/aromatic N) is 3. The normalized spacial score (nSPS) is 17.2. The lowest BCUT2D eigenvalue weighted by Gasteiger charge is -2.42. The summed E-state index contributed by atoms with van der Waals surface area (Å²) in [5.41, 5.74) is 2.39. The molecule has 1 aliphatic rings. The maximum atomic E-state index is 14.2. The number of piperidine rings is 1. The van der Waals surface area contributed by atoms with Crippen LogP contribution in [0.15, 0.2) is 48.5 Å². The fraction of sp³-hybridized carbons (Fsp3) is 0.452. The largest absolute Gasteiger partial charge is 0.493 e. The van der Waals surface area contributed by atoms with Crippen LogP contribution in [0.5, 0.6) is 5.75 Å². The Labute approximate surface area is 235 Å². The van der Waals surface area contributed by atoms with Gasteiger partial charge in [0.05, 0.1) is 18.2 Å². The minimum absolute atomic E-state index is 0.0295. The second-order valence-electron chi connectivity index (χ2n) is 10.7. The summed E-state index contributed by atoms with van der Waals surface area (Å²) in [6.45, 7) is 6.30. The molecular formula is C31H39FN4O4. The monoisotopic (exact) mass is 550 g/mol. The van der Waals surface area contributed by atoms with E-state index >= 15 is 0 Å². The van der Waals surface area contributed by atoms with Crippen molar-refractivity contribution >= 4 is 22.7 Å². The molecule has 2 amide bonds. The maximum Gasteiger partial charge on any atom is 0.273 e. The van der Waals surface area contributed by atoms with E-state index in [0.717, 1.165) is 18.5 Å². The molecule has 2 atom stereocenters. The molecule has 0 bridgehead atoms. The SMILES string of the molecule is COCCCOc1cc(C(=O)N(C(C)C)[C@H]2CNCC[C@@H]2c2cccc(C(=O)N(C)C)c2)nc2ccc(F)cc12. The minimum atomic E-state index is -0.398. The number of benzene rings is 2. The van der Waals surface area contributed by atoms with Gasteiger partial charge in [-0.2, -0.15) is 0 Å². The van der Waals surface area contributed by atoms with Crippen LogP contribution in [-0.4, -0.2) is 86.2 Å². The molecule has 1 saturated heterocycles. The summed E-state index contributed by atoms with van der Waals surface area (Å²) in [6.07, 6.45) is 1.47. The summed E-state index contributed by atoms with van der Waals surface area (Å²) in [7, 11) is 5.10. The lowest BCUT2D eigenvalue weighted by molar-refractivity contribution is 0.0531. The van der Waals surface area contributed by atoms with Crippen LogP contribution in [-0.2, 0) is 4.74 Å². The van der Waals surface area contributed by atoms with E-state index in [2.05, 4.69) is 10.3 Å². The predicted octanol–water partition coefficient (Wildman–Crippen LogP) is 4.49. The summed E-state index contributed by atoms with van der Waals surface area (Å²) < 4.78 is 25.2. The third kappa shape index (κ3) is 6.59. The molecule has 0 aliphatic carbocycles. The average Bonchev–Trinajstić information content (AvgIpc) is 2.95. The van der Waals surface area contributed by atoms with E-state index in [0.29, 0.717) is 48.4 Å². The molecule has 0 spiro atoms. The van der Waals surface area contributed by atoms with Gasteiger partial charge in [-0.05, 0) is 62.7 Å². The molecule has 4 rings (SSSR count). The van der Waals surface area contributed by atoms with E-state index < -0.39 is 5.82 Å². The van der Waals surface area contributed by atoms with Crippen molar-refractivity contribution in [3.8, 4) is 5.75 Å². The minimum Gasteiger partial charge on any atom is -0.493 e. The first-order chi connectivity index (χ1) is 19.2. The molecule has 2 aromatic carbocycles. The van der Waals surface area contributed by atoms with Crippen molar-refractivity contribution in [2.75, 3.05) is 47.5 Å². The molecule has 1 aliphatic heterocycles. The van der Waals surface area contributed by atoms with Crippen molar-refractivity contribution in [3.05, 3.63) is 71.2 Å². The molecular weight excluding hydrogens is 511 g/mol. The van der Waals surface area contributed by atoms with Gasteiger partial charge in [0.15, 0.2) is 0 Å². The molecule has 0 radical (unpaired) electrons. The van der Waals surface area contributed by atoms with Crippen LogP contribution in [0.4, 0.5) is 4.39 Å². The number of ether oxygens (including phenoxy) is 2. The Morgan fingerprint density at radius 3 is 2.62 bits per heavy atom. The van der Waals surface area contributed by atoms with Gasteiger partial charge >= 0.3 is 0 Å². The lowest BCUT2D eigenvalue weighted by Crippen LogP contribution is -2.55. The number of carbonyl (C=O) groups excluding carboxylic acids is 2. The summed E-state index contributed by atoms with van der Waals surface area (Å²) in [5, 5.41) is 3.97. The highest BCUT2D eigenvalue weighted by atomic mass is 19.1. The first-order valence-corrected chi connectivity index (χ1v) is 13.8. The third-order valence-electron chi connectivity index (χ3n) is 7.27. The first kappa shape index (κ1) is 29.4. The van der Waals surface area contributed by atoms with Crippen molar-refractivity contribution in [1.29, 1.82) is 0 Å². The Bertz CT molecular complexity index is 1350. The number of hydrogen-bond donors (Lipinski definition) is 1. The van der Waals surface area contributed by atoms with Crippen LogP contribution < -0.4 is 10.1 Å². The molecule has 40 heavy (non-hydrogen) atoms. The van der Waals surface area contributed by atoms with Crippen molar-refractivity contribution in [1.82, 2.24) is 20.1 Å². The highest BCUT2D eigenvalue weighted by Gasteiger charge is 2.36. The van der Waals surface area contributed by atoms with E-state index in [9.17, 15) is 14.0 Å². The summed E-state index contributed by atoms with van der Waals surface area (Å²) in [4.78, 5) is 34.9. The van der Waals surface area contributed by atoms with Crippen LogP contribution in [0.3, 0.4) is 0 Å². The van der Waals surface area contributed by atoms with Gasteiger partial charge in [0.25, 0.3) is 11.8 Å². The zero-order valence-corrected chi connectivity index (χ0v) is 23.9. The molecule has 1 N–H and O–H groups in total. The van der Waals surface area contributed by atoms with E-state index in [4.69, 9.17) is 9.47 Å². The van der Waals surface area contributed by atoms with Gasteiger partial charge in [-0.15, -0.1) is 0 Å². The zero-order valence-electron chi connectivity index (χ0n) is 23.9. The lowest BCUT2D eigenvalue weighted by atomic mass is 9.83. The Hall–Kier alpha value is -3.56. The molecule has 1 fully saturated rings. The van der Waals surface area contributed by atoms with Crippen LogP contribution in [0.2, 0.25) is 0 Å². The van der Waals surface area contributed by atoms with Gasteiger partial charge < -0.3 is 24.6 Å². The number of hydrogen-bond acceptors (Lipinski definition) is 6. The van der Waals surface area contributed by atoms with Crippen LogP contribution in [0.1, 0.15) is 59.0 Å². The van der Waals surface area contributed by atoms with Gasteiger partial charge in [0, 0.05) is 69.8 Å². The van der Waals surface area contributed by atoms with Crippen molar-refractivity contribution in [2.45, 2.75) is 44.7 Å². The van der Waals surface area contributed by atoms with Gasteiger partial charge in [0.1, 0.15) is 17.3 Å². The summed E-state index contributed by atoms with van der Waals surface area (Å²) in [6, 6.07) is 13.3.